The van der Waals surface area contributed by atoms with Crippen LogP contribution >= 0.6 is 0 Å². The zero-order valence-corrected chi connectivity index (χ0v) is 18.7. The molecule has 1 aromatic carbocycles. The molecule has 0 radical (unpaired) electrons. The summed E-state index contributed by atoms with van der Waals surface area (Å²) >= 11 is 0. The number of likely N-dealkylation sites (tertiary alicyclic amines) is 3. The molecule has 2 saturated carbocycles. The number of rotatable bonds is 5. The molecule has 2 bridgehead atoms. The van der Waals surface area contributed by atoms with Gasteiger partial charge in [-0.15, -0.1) is 0 Å². The topological polar surface area (TPSA) is 93.7 Å². The normalized spacial score (nSPS) is 35.1. The Morgan fingerprint density at radius 2 is 1.94 bits per heavy atom. The Kier molecular flexibility index (Phi) is 4.79. The van der Waals surface area contributed by atoms with Gasteiger partial charge in [-0.25, -0.2) is 4.39 Å². The minimum Gasteiger partial charge on any atom is -0.327 e. The Hall–Kier alpha value is -2.50. The molecule has 2 amide bonds. The van der Waals surface area contributed by atoms with Crippen molar-refractivity contribution < 1.29 is 14.0 Å². The van der Waals surface area contributed by atoms with Gasteiger partial charge in [0.15, 0.2) is 0 Å². The summed E-state index contributed by atoms with van der Waals surface area (Å²) in [7, 11) is 0. The predicted molar refractivity (Wildman–Crippen MR) is 118 cm³/mol. The number of halogens is 1. The number of nitrogens with zero attached hydrogens (tertiary/aromatic N) is 4. The maximum absolute atomic E-state index is 13.6. The van der Waals surface area contributed by atoms with Gasteiger partial charge in [0.1, 0.15) is 11.9 Å². The van der Waals surface area contributed by atoms with E-state index >= 15 is 0 Å². The van der Waals surface area contributed by atoms with Gasteiger partial charge in [-0.1, -0.05) is 25.0 Å². The molecule has 2 N–H and O–H groups in total. The summed E-state index contributed by atoms with van der Waals surface area (Å²) in [5.74, 6) is 0.144. The van der Waals surface area contributed by atoms with E-state index in [4.69, 9.17) is 5.73 Å². The Bertz CT molecular complexity index is 1020. The van der Waals surface area contributed by atoms with Gasteiger partial charge in [-0.2, -0.15) is 5.26 Å². The third-order valence-electron chi connectivity index (χ3n) is 8.80. The molecule has 0 aromatic heterocycles. The van der Waals surface area contributed by atoms with E-state index in [1.165, 1.54) is 12.1 Å². The average Bonchev–Trinajstić information content (AvgIpc) is 3.20. The number of carbonyl (C=O) groups is 2. The molecule has 3 heterocycles. The second kappa shape index (κ2) is 7.51. The van der Waals surface area contributed by atoms with Gasteiger partial charge >= 0.3 is 0 Å². The van der Waals surface area contributed by atoms with Crippen LogP contribution in [0.1, 0.15) is 50.5 Å². The number of fused-ring (bicyclic) bond motifs is 3. The van der Waals surface area contributed by atoms with Gasteiger partial charge < -0.3 is 15.5 Å². The number of piperazine rings is 1. The quantitative estimate of drug-likeness (QED) is 0.736. The molecule has 5 fully saturated rings. The van der Waals surface area contributed by atoms with E-state index in [0.29, 0.717) is 19.0 Å². The van der Waals surface area contributed by atoms with Crippen LogP contribution in [0, 0.1) is 23.1 Å². The molecule has 33 heavy (non-hydrogen) atoms. The lowest BCUT2D eigenvalue weighted by Gasteiger charge is -2.46. The van der Waals surface area contributed by atoms with E-state index in [0.717, 1.165) is 50.5 Å². The maximum Gasteiger partial charge on any atom is 0.242 e. The first-order valence-corrected chi connectivity index (χ1v) is 12.2. The molecule has 5 aliphatic rings. The molecule has 174 valence electrons. The van der Waals surface area contributed by atoms with Crippen molar-refractivity contribution in [3.05, 3.63) is 35.6 Å². The number of hydrogen-bond acceptors (Lipinski definition) is 5. The lowest BCUT2D eigenvalue weighted by molar-refractivity contribution is -0.146. The fraction of sp³-hybridized carbons (Fsp3) is 0.640. The number of piperidine rings is 1. The average molecular weight is 452 g/mol. The van der Waals surface area contributed by atoms with E-state index in [1.54, 1.807) is 4.90 Å². The van der Waals surface area contributed by atoms with Crippen molar-refractivity contribution in [2.45, 2.75) is 80.7 Å². The molecule has 8 heteroatoms. The van der Waals surface area contributed by atoms with Crippen LogP contribution in [-0.2, 0) is 15.1 Å². The minimum absolute atomic E-state index is 0.0828. The summed E-state index contributed by atoms with van der Waals surface area (Å²) in [6, 6.07) is 7.81. The van der Waals surface area contributed by atoms with Crippen LogP contribution in [0.5, 0.6) is 0 Å². The van der Waals surface area contributed by atoms with Gasteiger partial charge in [0.25, 0.3) is 0 Å². The van der Waals surface area contributed by atoms with Crippen LogP contribution in [-0.4, -0.2) is 69.8 Å². The highest BCUT2D eigenvalue weighted by molar-refractivity contribution is 5.87. The summed E-state index contributed by atoms with van der Waals surface area (Å²) in [5.41, 5.74) is 7.01. The number of nitrogens with two attached hydrogens (primary N) is 1. The van der Waals surface area contributed by atoms with Crippen molar-refractivity contribution in [3.63, 3.8) is 0 Å². The van der Waals surface area contributed by atoms with Crippen LogP contribution in [0.25, 0.3) is 0 Å². The van der Waals surface area contributed by atoms with Crippen LogP contribution in [0.3, 0.4) is 0 Å². The molecule has 3 unspecified atom stereocenters. The number of hydrogen-bond donors (Lipinski definition) is 1. The van der Waals surface area contributed by atoms with Crippen LogP contribution in [0.4, 0.5) is 4.39 Å². The van der Waals surface area contributed by atoms with Crippen molar-refractivity contribution in [1.82, 2.24) is 14.7 Å². The lowest BCUT2D eigenvalue weighted by atomic mass is 9.85. The largest absolute Gasteiger partial charge is 0.327 e. The number of nitriles is 1. The second-order valence-electron chi connectivity index (χ2n) is 10.6. The Morgan fingerprint density at radius 1 is 1.21 bits per heavy atom. The molecule has 2 aliphatic carbocycles. The van der Waals surface area contributed by atoms with E-state index in [9.17, 15) is 19.2 Å². The molecule has 6 rings (SSSR count). The van der Waals surface area contributed by atoms with Crippen LogP contribution in [0.15, 0.2) is 24.3 Å². The first-order chi connectivity index (χ1) is 15.9. The Morgan fingerprint density at radius 3 is 2.61 bits per heavy atom. The maximum atomic E-state index is 13.6. The third kappa shape index (κ3) is 3.12. The minimum atomic E-state index is -0.724. The Balaban J connectivity index is 1.17. The number of amides is 2. The molecule has 6 atom stereocenters. The van der Waals surface area contributed by atoms with Gasteiger partial charge in [-0.3, -0.25) is 14.5 Å². The van der Waals surface area contributed by atoms with Crippen molar-refractivity contribution in [2.24, 2.45) is 11.7 Å². The molecular formula is C25H30FN5O2. The molecule has 3 saturated heterocycles. The standard InChI is InChI=1S/C25H30FN5O2/c26-17-5-3-16(4-6-17)25(7-1-2-8-25)31-19-11-22(24(31)33)29(13-19)14-20(28)23(32)30-18(12-27)9-15-10-21(15)30/h3-6,15,18-22H,1-2,7-11,13-14,28H2/t15-,18?,19?,20?,21+,22+/m1/s1. The fourth-order valence-corrected chi connectivity index (χ4v) is 7.23. The first-order valence-electron chi connectivity index (χ1n) is 12.2. The highest BCUT2D eigenvalue weighted by atomic mass is 19.1. The summed E-state index contributed by atoms with van der Waals surface area (Å²) in [6.45, 7) is 1.04. The van der Waals surface area contributed by atoms with E-state index in [1.807, 2.05) is 12.1 Å². The van der Waals surface area contributed by atoms with Crippen molar-refractivity contribution in [3.8, 4) is 6.07 Å². The predicted octanol–water partition coefficient (Wildman–Crippen LogP) is 1.72. The van der Waals surface area contributed by atoms with E-state index < -0.39 is 6.04 Å². The Labute approximate surface area is 193 Å². The highest BCUT2D eigenvalue weighted by Crippen LogP contribution is 2.50. The van der Waals surface area contributed by atoms with Gasteiger partial charge in [0, 0.05) is 25.2 Å². The van der Waals surface area contributed by atoms with Crippen LogP contribution in [0.2, 0.25) is 0 Å². The van der Waals surface area contributed by atoms with Gasteiger partial charge in [0.2, 0.25) is 11.8 Å². The molecule has 1 aromatic rings. The summed E-state index contributed by atoms with van der Waals surface area (Å²) in [5, 5.41) is 9.41. The lowest BCUT2D eigenvalue weighted by Crippen LogP contribution is -2.60. The SMILES string of the molecule is N#CC1C[C@@H]2C[C@@H]2N1C(=O)C(N)CN1CC2C[C@H]1C(=O)N2C1(c2ccc(F)cc2)CCCC1. The van der Waals surface area contributed by atoms with Gasteiger partial charge in [0.05, 0.1) is 23.7 Å². The third-order valence-corrected chi connectivity index (χ3v) is 8.80. The summed E-state index contributed by atoms with van der Waals surface area (Å²) in [6.07, 6.45) is 6.39. The first kappa shape index (κ1) is 21.1. The van der Waals surface area contributed by atoms with Crippen molar-refractivity contribution >= 4 is 11.8 Å². The summed E-state index contributed by atoms with van der Waals surface area (Å²) in [4.78, 5) is 32.5. The summed E-state index contributed by atoms with van der Waals surface area (Å²) < 4.78 is 13.6. The fourth-order valence-electron chi connectivity index (χ4n) is 7.23. The molecule has 7 nitrogen and oxygen atoms in total. The molecule has 0 spiro atoms. The zero-order chi connectivity index (χ0) is 22.9. The monoisotopic (exact) mass is 451 g/mol. The second-order valence-corrected chi connectivity index (χ2v) is 10.6. The number of benzene rings is 1. The number of carbonyl (C=O) groups excluding carboxylic acids is 2. The van der Waals surface area contributed by atoms with E-state index in [-0.39, 0.29) is 47.3 Å². The van der Waals surface area contributed by atoms with Gasteiger partial charge in [-0.05, 0) is 55.7 Å². The van der Waals surface area contributed by atoms with Crippen molar-refractivity contribution in [1.29, 1.82) is 5.26 Å². The van der Waals surface area contributed by atoms with Crippen LogP contribution < -0.4 is 5.73 Å². The zero-order valence-electron chi connectivity index (χ0n) is 18.7. The molecule has 3 aliphatic heterocycles. The smallest absolute Gasteiger partial charge is 0.242 e. The van der Waals surface area contributed by atoms with Crippen molar-refractivity contribution in [2.75, 3.05) is 13.1 Å². The molecular weight excluding hydrogens is 421 g/mol. The van der Waals surface area contributed by atoms with E-state index in [2.05, 4.69) is 15.9 Å². The highest BCUT2D eigenvalue weighted by Gasteiger charge is 2.58.